The van der Waals surface area contributed by atoms with Gasteiger partial charge in [-0.05, 0) is 30.7 Å². The summed E-state index contributed by atoms with van der Waals surface area (Å²) in [6.45, 7) is 2.08. The average Bonchev–Trinajstić information content (AvgIpc) is 3.30. The Balaban J connectivity index is 1.62. The third-order valence-electron chi connectivity index (χ3n) is 5.63. The summed E-state index contributed by atoms with van der Waals surface area (Å²) in [6, 6.07) is 24.3. The number of nitrogens with zero attached hydrogens (tertiary/aromatic N) is 3. The number of benzene rings is 3. The molecule has 184 valence electrons. The van der Waals surface area contributed by atoms with Crippen LogP contribution in [0.1, 0.15) is 30.1 Å². The molecule has 1 N–H and O–H groups in total. The Bertz CT molecular complexity index is 1360. The van der Waals surface area contributed by atoms with Crippen molar-refractivity contribution >= 4 is 29.2 Å². The molecule has 8 heteroatoms. The summed E-state index contributed by atoms with van der Waals surface area (Å²) < 4.78 is 15.8. The SMILES string of the molecule is CCCCN(CC(=O)Nc1cc(-c2ccccc2)nn1-c1ccccc1Cl)C(=O)c1ccccc1F. The number of halogens is 2. The molecule has 3 aromatic carbocycles. The highest BCUT2D eigenvalue weighted by atomic mass is 35.5. The van der Waals surface area contributed by atoms with Crippen LogP contribution in [-0.2, 0) is 4.79 Å². The Kier molecular flexibility index (Phi) is 8.13. The summed E-state index contributed by atoms with van der Waals surface area (Å²) in [4.78, 5) is 27.6. The quantitative estimate of drug-likeness (QED) is 0.294. The number of nitrogens with one attached hydrogen (secondary N) is 1. The van der Waals surface area contributed by atoms with E-state index in [1.54, 1.807) is 28.9 Å². The van der Waals surface area contributed by atoms with Crippen LogP contribution >= 0.6 is 11.6 Å². The van der Waals surface area contributed by atoms with E-state index in [-0.39, 0.29) is 12.1 Å². The van der Waals surface area contributed by atoms with Crippen molar-refractivity contribution in [2.45, 2.75) is 19.8 Å². The van der Waals surface area contributed by atoms with Crippen molar-refractivity contribution in [3.05, 3.63) is 101 Å². The normalized spacial score (nSPS) is 10.8. The number of hydrogen-bond acceptors (Lipinski definition) is 3. The van der Waals surface area contributed by atoms with E-state index in [9.17, 15) is 14.0 Å². The Labute approximate surface area is 214 Å². The topological polar surface area (TPSA) is 67.2 Å². The first kappa shape index (κ1) is 25.1. The van der Waals surface area contributed by atoms with Gasteiger partial charge in [-0.2, -0.15) is 5.10 Å². The minimum absolute atomic E-state index is 0.0612. The number of hydrogen-bond donors (Lipinski definition) is 1. The summed E-state index contributed by atoms with van der Waals surface area (Å²) in [5, 5.41) is 8.01. The van der Waals surface area contributed by atoms with Gasteiger partial charge in [-0.25, -0.2) is 9.07 Å². The van der Waals surface area contributed by atoms with Crippen molar-refractivity contribution < 1.29 is 14.0 Å². The van der Waals surface area contributed by atoms with Crippen molar-refractivity contribution in [1.82, 2.24) is 14.7 Å². The van der Waals surface area contributed by atoms with Crippen LogP contribution in [0.15, 0.2) is 84.9 Å². The van der Waals surface area contributed by atoms with Crippen LogP contribution in [0.5, 0.6) is 0 Å². The highest BCUT2D eigenvalue weighted by molar-refractivity contribution is 6.32. The van der Waals surface area contributed by atoms with Crippen LogP contribution in [0.4, 0.5) is 10.2 Å². The Morgan fingerprint density at radius 1 is 1.00 bits per heavy atom. The molecule has 0 aliphatic carbocycles. The Hall–Kier alpha value is -3.97. The van der Waals surface area contributed by atoms with Crippen LogP contribution < -0.4 is 5.32 Å². The first-order valence-electron chi connectivity index (χ1n) is 11.7. The maximum absolute atomic E-state index is 14.3. The molecular formula is C28H26ClFN4O2. The van der Waals surface area contributed by atoms with Crippen molar-refractivity contribution in [1.29, 1.82) is 0 Å². The fraction of sp³-hybridized carbons (Fsp3) is 0.179. The van der Waals surface area contributed by atoms with Crippen LogP contribution in [0.3, 0.4) is 0 Å². The molecule has 0 aliphatic rings. The van der Waals surface area contributed by atoms with Gasteiger partial charge in [0.1, 0.15) is 18.2 Å². The van der Waals surface area contributed by atoms with Gasteiger partial charge in [0.05, 0.1) is 22.0 Å². The highest BCUT2D eigenvalue weighted by Crippen LogP contribution is 2.28. The smallest absolute Gasteiger partial charge is 0.257 e. The van der Waals surface area contributed by atoms with Gasteiger partial charge in [-0.3, -0.25) is 9.59 Å². The third-order valence-corrected chi connectivity index (χ3v) is 5.95. The van der Waals surface area contributed by atoms with Crippen LogP contribution in [0, 0.1) is 5.82 Å². The zero-order valence-electron chi connectivity index (χ0n) is 19.8. The standard InChI is InChI=1S/C28H26ClFN4O2/c1-2-3-17-33(28(36)21-13-7-9-15-23(21)30)19-27(35)31-26-18-24(20-11-5-4-6-12-20)32-34(26)25-16-10-8-14-22(25)29/h4-16,18H,2-3,17,19H2,1H3,(H,31,35). The lowest BCUT2D eigenvalue weighted by Crippen LogP contribution is -2.39. The van der Waals surface area contributed by atoms with Crippen LogP contribution in [0.25, 0.3) is 16.9 Å². The number of anilines is 1. The fourth-order valence-corrected chi connectivity index (χ4v) is 4.01. The molecule has 0 unspecified atom stereocenters. The largest absolute Gasteiger partial charge is 0.329 e. The molecule has 0 saturated carbocycles. The van der Waals surface area contributed by atoms with Gasteiger partial charge in [0.15, 0.2) is 0 Å². The van der Waals surface area contributed by atoms with Gasteiger partial charge < -0.3 is 10.2 Å². The second-order valence-electron chi connectivity index (χ2n) is 8.25. The van der Waals surface area contributed by atoms with E-state index in [0.29, 0.717) is 35.2 Å². The number of rotatable bonds is 9. The molecule has 0 radical (unpaired) electrons. The lowest BCUT2D eigenvalue weighted by atomic mass is 10.1. The van der Waals surface area contributed by atoms with Crippen LogP contribution in [0.2, 0.25) is 5.02 Å². The van der Waals surface area contributed by atoms with E-state index >= 15 is 0 Å². The highest BCUT2D eigenvalue weighted by Gasteiger charge is 2.22. The molecule has 1 heterocycles. The summed E-state index contributed by atoms with van der Waals surface area (Å²) in [6.07, 6.45) is 1.51. The van der Waals surface area contributed by atoms with E-state index < -0.39 is 17.6 Å². The number of carbonyl (C=O) groups is 2. The molecule has 4 rings (SSSR count). The second-order valence-corrected chi connectivity index (χ2v) is 8.66. The molecule has 0 saturated heterocycles. The molecule has 4 aromatic rings. The minimum atomic E-state index is -0.617. The maximum atomic E-state index is 14.3. The molecule has 6 nitrogen and oxygen atoms in total. The molecule has 0 atom stereocenters. The molecule has 0 bridgehead atoms. The minimum Gasteiger partial charge on any atom is -0.329 e. The molecule has 0 aliphatic heterocycles. The van der Waals surface area contributed by atoms with E-state index in [4.69, 9.17) is 11.6 Å². The summed E-state index contributed by atoms with van der Waals surface area (Å²) >= 11 is 6.43. The Morgan fingerprint density at radius 3 is 2.42 bits per heavy atom. The number of amides is 2. The number of aromatic nitrogens is 2. The second kappa shape index (κ2) is 11.6. The van der Waals surface area contributed by atoms with Gasteiger partial charge >= 0.3 is 0 Å². The van der Waals surface area contributed by atoms with Crippen molar-refractivity contribution in [2.24, 2.45) is 0 Å². The first-order chi connectivity index (χ1) is 17.5. The van der Waals surface area contributed by atoms with E-state index in [2.05, 4.69) is 10.4 Å². The third kappa shape index (κ3) is 5.80. The van der Waals surface area contributed by atoms with Gasteiger partial charge in [0.2, 0.25) is 5.91 Å². The molecule has 1 aromatic heterocycles. The van der Waals surface area contributed by atoms with Gasteiger partial charge in [-0.15, -0.1) is 0 Å². The summed E-state index contributed by atoms with van der Waals surface area (Å²) in [7, 11) is 0. The number of carbonyl (C=O) groups excluding carboxylic acids is 2. The maximum Gasteiger partial charge on any atom is 0.257 e. The van der Waals surface area contributed by atoms with Crippen molar-refractivity contribution in [2.75, 3.05) is 18.4 Å². The Morgan fingerprint density at radius 2 is 1.69 bits per heavy atom. The fourth-order valence-electron chi connectivity index (χ4n) is 3.79. The predicted molar refractivity (Wildman–Crippen MR) is 140 cm³/mol. The van der Waals surface area contributed by atoms with Crippen LogP contribution in [-0.4, -0.2) is 39.6 Å². The zero-order valence-corrected chi connectivity index (χ0v) is 20.6. The molecule has 2 amide bonds. The van der Waals surface area contributed by atoms with E-state index in [0.717, 1.165) is 12.0 Å². The average molecular weight is 505 g/mol. The zero-order chi connectivity index (χ0) is 25.5. The first-order valence-corrected chi connectivity index (χ1v) is 12.1. The lowest BCUT2D eigenvalue weighted by Gasteiger charge is -2.22. The van der Waals surface area contributed by atoms with E-state index in [1.807, 2.05) is 49.4 Å². The van der Waals surface area contributed by atoms with Crippen molar-refractivity contribution in [3.8, 4) is 16.9 Å². The van der Waals surface area contributed by atoms with Gasteiger partial charge in [-0.1, -0.05) is 79.5 Å². The molecule has 0 spiro atoms. The predicted octanol–water partition coefficient (Wildman–Crippen LogP) is 6.21. The number of para-hydroxylation sites is 1. The summed E-state index contributed by atoms with van der Waals surface area (Å²) in [5.41, 5.74) is 2.06. The number of unbranched alkanes of at least 4 members (excludes halogenated alkanes) is 1. The van der Waals surface area contributed by atoms with Crippen molar-refractivity contribution in [3.63, 3.8) is 0 Å². The molecule has 36 heavy (non-hydrogen) atoms. The molecular weight excluding hydrogens is 479 g/mol. The lowest BCUT2D eigenvalue weighted by molar-refractivity contribution is -0.117. The molecule has 0 fully saturated rings. The van der Waals surface area contributed by atoms with Gasteiger partial charge in [0.25, 0.3) is 5.91 Å². The van der Waals surface area contributed by atoms with E-state index in [1.165, 1.54) is 23.1 Å². The monoisotopic (exact) mass is 504 g/mol. The summed E-state index contributed by atoms with van der Waals surface area (Å²) in [5.74, 6) is -1.17. The van der Waals surface area contributed by atoms with Gasteiger partial charge in [0, 0.05) is 18.2 Å².